The molecule has 0 aliphatic heterocycles. The first-order valence-electron chi connectivity index (χ1n) is 4.76. The lowest BCUT2D eigenvalue weighted by molar-refractivity contribution is 0.139. The van der Waals surface area contributed by atoms with E-state index in [4.69, 9.17) is 5.73 Å². The van der Waals surface area contributed by atoms with Gasteiger partial charge >= 0.3 is 0 Å². The Kier molecular flexibility index (Phi) is 3.61. The van der Waals surface area contributed by atoms with Crippen molar-refractivity contribution < 1.29 is 9.50 Å². The molecule has 1 aromatic carbocycles. The summed E-state index contributed by atoms with van der Waals surface area (Å²) in [5.41, 5.74) is 6.73. The Labute approximate surface area is 83.6 Å². The zero-order chi connectivity index (χ0) is 10.7. The Balaban J connectivity index is 3.05. The van der Waals surface area contributed by atoms with Crippen LogP contribution in [0.5, 0.6) is 0 Å². The topological polar surface area (TPSA) is 46.2 Å². The van der Waals surface area contributed by atoms with E-state index in [9.17, 15) is 9.50 Å². The normalized spacial score (nSPS) is 15.2. The third-order valence-corrected chi connectivity index (χ3v) is 2.44. The maximum absolute atomic E-state index is 13.4. The molecule has 78 valence electrons. The second-order valence-corrected chi connectivity index (χ2v) is 3.49. The Morgan fingerprint density at radius 1 is 1.50 bits per heavy atom. The van der Waals surface area contributed by atoms with Gasteiger partial charge in [-0.05, 0) is 25.0 Å². The Morgan fingerprint density at radius 2 is 2.14 bits per heavy atom. The zero-order valence-corrected chi connectivity index (χ0v) is 8.50. The maximum Gasteiger partial charge on any atom is 0.129 e. The van der Waals surface area contributed by atoms with Crippen LogP contribution >= 0.6 is 0 Å². The molecule has 0 aromatic heterocycles. The van der Waals surface area contributed by atoms with Gasteiger partial charge in [-0.25, -0.2) is 4.39 Å². The molecule has 0 aliphatic rings. The minimum Gasteiger partial charge on any atom is -0.387 e. The molecule has 0 unspecified atom stereocenters. The first-order chi connectivity index (χ1) is 6.57. The molecule has 3 heteroatoms. The van der Waals surface area contributed by atoms with Crippen LogP contribution in [0.25, 0.3) is 0 Å². The predicted octanol–water partition coefficient (Wildman–Crippen LogP) is 1.90. The number of nitrogens with two attached hydrogens (primary N) is 1. The number of hydrogen-bond acceptors (Lipinski definition) is 2. The van der Waals surface area contributed by atoms with E-state index >= 15 is 0 Å². The summed E-state index contributed by atoms with van der Waals surface area (Å²) in [6, 6.07) is 4.32. The molecular formula is C11H16FNO. The highest BCUT2D eigenvalue weighted by molar-refractivity contribution is 5.30. The van der Waals surface area contributed by atoms with E-state index in [1.165, 1.54) is 6.07 Å². The summed E-state index contributed by atoms with van der Waals surface area (Å²) >= 11 is 0. The third-order valence-electron chi connectivity index (χ3n) is 2.44. The lowest BCUT2D eigenvalue weighted by atomic mass is 9.96. The van der Waals surface area contributed by atoms with Gasteiger partial charge in [-0.2, -0.15) is 0 Å². The van der Waals surface area contributed by atoms with Crippen molar-refractivity contribution in [1.29, 1.82) is 0 Å². The van der Waals surface area contributed by atoms with Crippen LogP contribution in [0.4, 0.5) is 4.39 Å². The van der Waals surface area contributed by atoms with Gasteiger partial charge in [-0.1, -0.05) is 19.1 Å². The van der Waals surface area contributed by atoms with Crippen LogP contribution in [0.3, 0.4) is 0 Å². The van der Waals surface area contributed by atoms with Gasteiger partial charge in [0.1, 0.15) is 5.82 Å². The summed E-state index contributed by atoms with van der Waals surface area (Å²) in [6.07, 6.45) is -0.296. The fraction of sp³-hybridized carbons (Fsp3) is 0.455. The van der Waals surface area contributed by atoms with Crippen molar-refractivity contribution in [2.45, 2.75) is 32.4 Å². The summed E-state index contributed by atoms with van der Waals surface area (Å²) in [5.74, 6) is -0.388. The molecular weight excluding hydrogens is 181 g/mol. The van der Waals surface area contributed by atoms with E-state index in [1.54, 1.807) is 19.1 Å². The number of aryl methyl sites for hydroxylation is 1. The predicted molar refractivity (Wildman–Crippen MR) is 54.4 cm³/mol. The van der Waals surface area contributed by atoms with Gasteiger partial charge in [0.15, 0.2) is 0 Å². The maximum atomic E-state index is 13.4. The molecule has 3 N–H and O–H groups in total. The highest BCUT2D eigenvalue weighted by Crippen LogP contribution is 2.23. The summed E-state index contributed by atoms with van der Waals surface area (Å²) < 4.78 is 13.4. The van der Waals surface area contributed by atoms with Crippen LogP contribution in [-0.2, 0) is 0 Å². The lowest BCUT2D eigenvalue weighted by Crippen LogP contribution is -2.28. The molecule has 14 heavy (non-hydrogen) atoms. The first kappa shape index (κ1) is 11.1. The summed E-state index contributed by atoms with van der Waals surface area (Å²) in [4.78, 5) is 0. The number of aliphatic hydroxyl groups excluding tert-OH is 1. The smallest absolute Gasteiger partial charge is 0.129 e. The van der Waals surface area contributed by atoms with Crippen molar-refractivity contribution in [3.8, 4) is 0 Å². The fourth-order valence-electron chi connectivity index (χ4n) is 1.46. The lowest BCUT2D eigenvalue weighted by Gasteiger charge is -2.19. The molecule has 0 radical (unpaired) electrons. The van der Waals surface area contributed by atoms with Gasteiger partial charge in [0, 0.05) is 11.6 Å². The van der Waals surface area contributed by atoms with Crippen LogP contribution < -0.4 is 5.73 Å². The molecule has 0 fully saturated rings. The Bertz CT molecular complexity index is 294. The van der Waals surface area contributed by atoms with Crippen LogP contribution in [0.1, 0.15) is 30.6 Å². The molecule has 0 amide bonds. The Hall–Kier alpha value is -0.930. The van der Waals surface area contributed by atoms with Gasteiger partial charge in [-0.3, -0.25) is 0 Å². The van der Waals surface area contributed by atoms with Gasteiger partial charge in [-0.15, -0.1) is 0 Å². The monoisotopic (exact) mass is 197 g/mol. The van der Waals surface area contributed by atoms with Crippen molar-refractivity contribution in [1.82, 2.24) is 0 Å². The SMILES string of the molecule is CC[C@H](N)[C@@H](O)c1c(C)cccc1F. The van der Waals surface area contributed by atoms with Crippen LogP contribution in [-0.4, -0.2) is 11.1 Å². The summed E-state index contributed by atoms with van der Waals surface area (Å²) in [6.45, 7) is 3.63. The minimum absolute atomic E-state index is 0.321. The van der Waals surface area contributed by atoms with Crippen molar-refractivity contribution in [2.75, 3.05) is 0 Å². The van der Waals surface area contributed by atoms with Crippen molar-refractivity contribution in [3.05, 3.63) is 35.1 Å². The molecule has 0 bridgehead atoms. The van der Waals surface area contributed by atoms with Gasteiger partial charge in [0.2, 0.25) is 0 Å². The van der Waals surface area contributed by atoms with Crippen molar-refractivity contribution >= 4 is 0 Å². The molecule has 2 atom stereocenters. The second kappa shape index (κ2) is 4.53. The average molecular weight is 197 g/mol. The zero-order valence-electron chi connectivity index (χ0n) is 8.50. The third kappa shape index (κ3) is 2.11. The van der Waals surface area contributed by atoms with Crippen molar-refractivity contribution in [2.24, 2.45) is 5.73 Å². The van der Waals surface area contributed by atoms with E-state index in [0.29, 0.717) is 12.0 Å². The van der Waals surface area contributed by atoms with Gasteiger partial charge < -0.3 is 10.8 Å². The fourth-order valence-corrected chi connectivity index (χ4v) is 1.46. The molecule has 0 heterocycles. The number of halogens is 1. The quantitative estimate of drug-likeness (QED) is 0.777. The van der Waals surface area contributed by atoms with Crippen LogP contribution in [0.15, 0.2) is 18.2 Å². The number of rotatable bonds is 3. The second-order valence-electron chi connectivity index (χ2n) is 3.49. The average Bonchev–Trinajstić information content (AvgIpc) is 2.16. The van der Waals surface area contributed by atoms with Gasteiger partial charge in [0.25, 0.3) is 0 Å². The van der Waals surface area contributed by atoms with E-state index in [2.05, 4.69) is 0 Å². The van der Waals surface area contributed by atoms with Gasteiger partial charge in [0.05, 0.1) is 6.10 Å². The summed E-state index contributed by atoms with van der Waals surface area (Å²) in [7, 11) is 0. The Morgan fingerprint density at radius 3 is 2.64 bits per heavy atom. The van der Waals surface area contributed by atoms with E-state index in [0.717, 1.165) is 5.56 Å². The van der Waals surface area contributed by atoms with Crippen molar-refractivity contribution in [3.63, 3.8) is 0 Å². The standard InChI is InChI=1S/C11H16FNO/c1-3-9(13)11(14)10-7(2)5-4-6-8(10)12/h4-6,9,11,14H,3,13H2,1-2H3/t9-,11+/m0/s1. The van der Waals surface area contributed by atoms with E-state index in [1.807, 2.05) is 6.92 Å². The number of benzene rings is 1. The van der Waals surface area contributed by atoms with E-state index in [-0.39, 0.29) is 5.82 Å². The molecule has 0 spiro atoms. The molecule has 1 aromatic rings. The molecule has 2 nitrogen and oxygen atoms in total. The highest BCUT2D eigenvalue weighted by atomic mass is 19.1. The van der Waals surface area contributed by atoms with E-state index < -0.39 is 12.1 Å². The first-order valence-corrected chi connectivity index (χ1v) is 4.76. The molecule has 0 saturated carbocycles. The number of hydrogen-bond donors (Lipinski definition) is 2. The molecule has 1 rings (SSSR count). The summed E-state index contributed by atoms with van der Waals surface area (Å²) in [5, 5.41) is 9.79. The number of aliphatic hydroxyl groups is 1. The minimum atomic E-state index is -0.916. The largest absolute Gasteiger partial charge is 0.387 e. The highest BCUT2D eigenvalue weighted by Gasteiger charge is 2.20. The molecule has 0 saturated heterocycles. The van der Waals surface area contributed by atoms with Crippen LogP contribution in [0, 0.1) is 12.7 Å². The van der Waals surface area contributed by atoms with Crippen LogP contribution in [0.2, 0.25) is 0 Å². The molecule has 0 aliphatic carbocycles.